The van der Waals surface area contributed by atoms with E-state index in [0.29, 0.717) is 6.42 Å². The molecule has 2 fully saturated rings. The first-order valence-electron chi connectivity index (χ1n) is 10.1. The molecule has 1 aliphatic heterocycles. The molecule has 1 aromatic rings. The van der Waals surface area contributed by atoms with Crippen LogP contribution >= 0.6 is 0 Å². The van der Waals surface area contributed by atoms with Crippen LogP contribution in [-0.4, -0.2) is 48.5 Å². The molecule has 1 saturated heterocycles. The molecule has 7 nitrogen and oxygen atoms in total. The van der Waals surface area contributed by atoms with Crippen molar-refractivity contribution in [3.8, 4) is 5.75 Å². The molecule has 2 aliphatic rings. The number of methoxy groups -OCH3 is 1. The first-order chi connectivity index (χ1) is 13.6. The predicted molar refractivity (Wildman–Crippen MR) is 105 cm³/mol. The van der Waals surface area contributed by atoms with Crippen molar-refractivity contribution in [2.24, 2.45) is 0 Å². The molecule has 1 aliphatic carbocycles. The third-order valence-electron chi connectivity index (χ3n) is 5.50. The van der Waals surface area contributed by atoms with E-state index in [4.69, 9.17) is 4.74 Å². The highest BCUT2D eigenvalue weighted by atomic mass is 16.5. The van der Waals surface area contributed by atoms with Crippen molar-refractivity contribution < 1.29 is 19.1 Å². The minimum Gasteiger partial charge on any atom is -0.497 e. The van der Waals surface area contributed by atoms with E-state index in [9.17, 15) is 14.4 Å². The Kier molecular flexibility index (Phi) is 6.90. The number of hydrogen-bond donors (Lipinski definition) is 2. The number of carbonyl (C=O) groups is 3. The maximum absolute atomic E-state index is 12.6. The van der Waals surface area contributed by atoms with Crippen LogP contribution in [0.1, 0.15) is 50.5 Å². The first-order valence-corrected chi connectivity index (χ1v) is 10.1. The van der Waals surface area contributed by atoms with Gasteiger partial charge >= 0.3 is 6.03 Å². The Hall–Kier alpha value is -2.57. The van der Waals surface area contributed by atoms with Crippen molar-refractivity contribution in [2.45, 2.75) is 63.5 Å². The van der Waals surface area contributed by atoms with Gasteiger partial charge in [-0.05, 0) is 37.0 Å². The Bertz CT molecular complexity index is 696. The van der Waals surface area contributed by atoms with Crippen LogP contribution in [0.4, 0.5) is 4.79 Å². The number of amides is 4. The lowest BCUT2D eigenvalue weighted by molar-refractivity contribution is -0.131. The van der Waals surface area contributed by atoms with Gasteiger partial charge in [0.1, 0.15) is 11.8 Å². The molecule has 0 aromatic heterocycles. The van der Waals surface area contributed by atoms with Crippen LogP contribution in [0.25, 0.3) is 0 Å². The first kappa shape index (κ1) is 20.2. The lowest BCUT2D eigenvalue weighted by Gasteiger charge is -2.17. The van der Waals surface area contributed by atoms with Gasteiger partial charge in [0, 0.05) is 12.6 Å². The fourth-order valence-corrected chi connectivity index (χ4v) is 3.86. The Labute approximate surface area is 165 Å². The van der Waals surface area contributed by atoms with E-state index in [2.05, 4.69) is 10.6 Å². The average Bonchev–Trinajstić information content (AvgIpc) is 2.85. The third-order valence-corrected chi connectivity index (χ3v) is 5.50. The second kappa shape index (κ2) is 9.57. The second-order valence-electron chi connectivity index (χ2n) is 7.55. The predicted octanol–water partition coefficient (Wildman–Crippen LogP) is 2.39. The van der Waals surface area contributed by atoms with Crippen molar-refractivity contribution in [2.75, 3.05) is 13.7 Å². The number of benzene rings is 1. The summed E-state index contributed by atoms with van der Waals surface area (Å²) in [6.07, 6.45) is 7.23. The summed E-state index contributed by atoms with van der Waals surface area (Å²) < 4.78 is 5.13. The smallest absolute Gasteiger partial charge is 0.324 e. The molecule has 7 heteroatoms. The maximum Gasteiger partial charge on any atom is 0.324 e. The Morgan fingerprint density at radius 3 is 2.46 bits per heavy atom. The SMILES string of the molecule is COc1ccc(CCN2C(=O)NC(CC(=O)NC3CCCCCC3)C2=O)cc1. The van der Waals surface area contributed by atoms with Gasteiger partial charge in [-0.2, -0.15) is 0 Å². The zero-order chi connectivity index (χ0) is 19.9. The fraction of sp³-hybridized carbons (Fsp3) is 0.571. The van der Waals surface area contributed by atoms with Gasteiger partial charge in [0.05, 0.1) is 13.5 Å². The zero-order valence-electron chi connectivity index (χ0n) is 16.4. The van der Waals surface area contributed by atoms with Gasteiger partial charge in [-0.15, -0.1) is 0 Å². The lowest BCUT2D eigenvalue weighted by atomic mass is 10.1. The van der Waals surface area contributed by atoms with Gasteiger partial charge in [0.25, 0.3) is 5.91 Å². The number of nitrogens with one attached hydrogen (secondary N) is 2. The molecule has 3 rings (SSSR count). The van der Waals surface area contributed by atoms with Crippen LogP contribution in [0.2, 0.25) is 0 Å². The van der Waals surface area contributed by atoms with E-state index in [1.54, 1.807) is 7.11 Å². The molecule has 152 valence electrons. The summed E-state index contributed by atoms with van der Waals surface area (Å²) in [5.41, 5.74) is 1.01. The van der Waals surface area contributed by atoms with Crippen molar-refractivity contribution in [3.05, 3.63) is 29.8 Å². The van der Waals surface area contributed by atoms with Crippen molar-refractivity contribution in [1.29, 1.82) is 0 Å². The molecule has 0 bridgehead atoms. The van der Waals surface area contributed by atoms with Crippen LogP contribution in [0.5, 0.6) is 5.75 Å². The van der Waals surface area contributed by atoms with Crippen LogP contribution in [0.3, 0.4) is 0 Å². The third kappa shape index (κ3) is 5.24. The van der Waals surface area contributed by atoms with Crippen molar-refractivity contribution in [1.82, 2.24) is 15.5 Å². The maximum atomic E-state index is 12.6. The summed E-state index contributed by atoms with van der Waals surface area (Å²) in [4.78, 5) is 38.3. The molecule has 1 atom stereocenters. The highest BCUT2D eigenvalue weighted by Gasteiger charge is 2.38. The van der Waals surface area contributed by atoms with E-state index in [1.807, 2.05) is 24.3 Å². The number of imide groups is 1. The van der Waals surface area contributed by atoms with Crippen LogP contribution < -0.4 is 15.4 Å². The summed E-state index contributed by atoms with van der Waals surface area (Å²) in [6, 6.07) is 6.52. The lowest BCUT2D eigenvalue weighted by Crippen LogP contribution is -2.40. The van der Waals surface area contributed by atoms with E-state index in [-0.39, 0.29) is 30.8 Å². The number of rotatable bonds is 7. The topological polar surface area (TPSA) is 87.7 Å². The van der Waals surface area contributed by atoms with Gasteiger partial charge in [-0.3, -0.25) is 14.5 Å². The average molecular weight is 387 g/mol. The fourth-order valence-electron chi connectivity index (χ4n) is 3.86. The van der Waals surface area contributed by atoms with E-state index < -0.39 is 12.1 Å². The second-order valence-corrected chi connectivity index (χ2v) is 7.55. The number of carbonyl (C=O) groups excluding carboxylic acids is 3. The van der Waals surface area contributed by atoms with Gasteiger partial charge in [-0.1, -0.05) is 37.8 Å². The molecule has 1 saturated carbocycles. The number of hydrogen-bond acceptors (Lipinski definition) is 4. The molecule has 0 radical (unpaired) electrons. The Balaban J connectivity index is 1.48. The molecule has 4 amide bonds. The summed E-state index contributed by atoms with van der Waals surface area (Å²) in [5.74, 6) is 0.274. The minimum absolute atomic E-state index is 0.000108. The number of nitrogens with zero attached hydrogens (tertiary/aromatic N) is 1. The van der Waals surface area contributed by atoms with Gasteiger partial charge in [-0.25, -0.2) is 4.79 Å². The summed E-state index contributed by atoms with van der Waals surface area (Å²) in [5, 5.41) is 5.68. The van der Waals surface area contributed by atoms with Crippen LogP contribution in [0, 0.1) is 0 Å². The normalized spacial score (nSPS) is 20.6. The van der Waals surface area contributed by atoms with Crippen LogP contribution in [0.15, 0.2) is 24.3 Å². The quantitative estimate of drug-likeness (QED) is 0.555. The molecule has 1 aromatic carbocycles. The molecule has 2 N–H and O–H groups in total. The summed E-state index contributed by atoms with van der Waals surface area (Å²) >= 11 is 0. The van der Waals surface area contributed by atoms with Crippen molar-refractivity contribution >= 4 is 17.8 Å². The van der Waals surface area contributed by atoms with Gasteiger partial charge in [0.15, 0.2) is 0 Å². The Morgan fingerprint density at radius 2 is 1.82 bits per heavy atom. The largest absolute Gasteiger partial charge is 0.497 e. The number of urea groups is 1. The summed E-state index contributed by atoms with van der Waals surface area (Å²) in [6.45, 7) is 0.289. The minimum atomic E-state index is -0.769. The van der Waals surface area contributed by atoms with Crippen LogP contribution in [-0.2, 0) is 16.0 Å². The molecular formula is C21H29N3O4. The Morgan fingerprint density at radius 1 is 1.14 bits per heavy atom. The standard InChI is InChI=1S/C21H29N3O4/c1-28-17-10-8-15(9-11-17)12-13-24-20(26)18(23-21(24)27)14-19(25)22-16-6-4-2-3-5-7-16/h8-11,16,18H,2-7,12-14H2,1H3,(H,22,25)(H,23,27). The van der Waals surface area contributed by atoms with Crippen molar-refractivity contribution in [3.63, 3.8) is 0 Å². The summed E-state index contributed by atoms with van der Waals surface area (Å²) in [7, 11) is 1.61. The molecule has 0 spiro atoms. The molecule has 1 unspecified atom stereocenters. The van der Waals surface area contributed by atoms with E-state index >= 15 is 0 Å². The molecule has 1 heterocycles. The van der Waals surface area contributed by atoms with E-state index in [1.165, 1.54) is 17.7 Å². The molecular weight excluding hydrogens is 358 g/mol. The highest BCUT2D eigenvalue weighted by Crippen LogP contribution is 2.18. The van der Waals surface area contributed by atoms with E-state index in [0.717, 1.165) is 37.0 Å². The zero-order valence-corrected chi connectivity index (χ0v) is 16.4. The van der Waals surface area contributed by atoms with Gasteiger partial charge in [0.2, 0.25) is 5.91 Å². The van der Waals surface area contributed by atoms with Gasteiger partial charge < -0.3 is 15.4 Å². The highest BCUT2D eigenvalue weighted by molar-refractivity contribution is 6.05. The number of ether oxygens (including phenoxy) is 1. The molecule has 28 heavy (non-hydrogen) atoms. The monoisotopic (exact) mass is 387 g/mol.